The van der Waals surface area contributed by atoms with E-state index in [0.29, 0.717) is 18.2 Å². The molecule has 24 heavy (non-hydrogen) atoms. The quantitative estimate of drug-likeness (QED) is 0.578. The van der Waals surface area contributed by atoms with Crippen molar-refractivity contribution in [3.05, 3.63) is 30.1 Å². The van der Waals surface area contributed by atoms with Crippen molar-refractivity contribution in [3.8, 4) is 0 Å². The lowest BCUT2D eigenvalue weighted by atomic mass is 9.99. The van der Waals surface area contributed by atoms with Crippen LogP contribution in [0.25, 0.3) is 0 Å². The van der Waals surface area contributed by atoms with Gasteiger partial charge in [0, 0.05) is 5.69 Å². The predicted octanol–water partition coefficient (Wildman–Crippen LogP) is 3.41. The molecule has 1 aromatic carbocycles. The first-order valence-corrected chi connectivity index (χ1v) is 8.47. The summed E-state index contributed by atoms with van der Waals surface area (Å²) in [5.74, 6) is -1.44. The number of hydrogen-bond acceptors (Lipinski definition) is 3. The third kappa shape index (κ3) is 7.55. The van der Waals surface area contributed by atoms with Gasteiger partial charge in [0.15, 0.2) is 0 Å². The van der Waals surface area contributed by atoms with Gasteiger partial charge in [-0.3, -0.25) is 9.59 Å². The van der Waals surface area contributed by atoms with E-state index in [0.717, 1.165) is 25.7 Å². The van der Waals surface area contributed by atoms with Gasteiger partial charge in [0.25, 0.3) is 0 Å². The lowest BCUT2D eigenvalue weighted by Gasteiger charge is -2.19. The number of anilines is 1. The molecule has 0 aliphatic carbocycles. The van der Waals surface area contributed by atoms with Gasteiger partial charge < -0.3 is 15.7 Å². The number of carbonyl (C=O) groups excluding carboxylic acids is 1. The third-order valence-electron chi connectivity index (χ3n) is 4.01. The van der Waals surface area contributed by atoms with E-state index in [4.69, 9.17) is 0 Å². The van der Waals surface area contributed by atoms with Crippen LogP contribution in [-0.4, -0.2) is 29.6 Å². The summed E-state index contributed by atoms with van der Waals surface area (Å²) in [6.45, 7) is 4.79. The Morgan fingerprint density at radius 3 is 2.42 bits per heavy atom. The molecule has 0 aromatic heterocycles. The standard InChI is InChI=1S/C18H27FN2O3/c1-3-5-6-13(4-2)12-20-16(18(23)24)11-17(22)21-15-9-7-14(19)8-10-15/h7-10,13,16,20H,3-6,11-12H2,1-2H3,(H,21,22)(H,23,24)/t13-,16+/m0/s1. The SMILES string of the molecule is CCCC[C@H](CC)CN[C@H](CC(=O)Nc1ccc(F)cc1)C(=O)O. The molecule has 0 aliphatic rings. The molecule has 0 radical (unpaired) electrons. The van der Waals surface area contributed by atoms with Crippen molar-refractivity contribution in [1.29, 1.82) is 0 Å². The minimum atomic E-state index is -1.05. The number of unbranched alkanes of at least 4 members (excludes halogenated alkanes) is 1. The van der Waals surface area contributed by atoms with E-state index < -0.39 is 23.7 Å². The van der Waals surface area contributed by atoms with Crippen LogP contribution in [0.3, 0.4) is 0 Å². The second-order valence-corrected chi connectivity index (χ2v) is 5.97. The summed E-state index contributed by atoms with van der Waals surface area (Å²) in [6.07, 6.45) is 4.08. The second-order valence-electron chi connectivity index (χ2n) is 5.97. The number of rotatable bonds is 11. The number of carboxylic acid groups (broad SMARTS) is 1. The minimum Gasteiger partial charge on any atom is -0.480 e. The highest BCUT2D eigenvalue weighted by molar-refractivity contribution is 5.94. The summed E-state index contributed by atoms with van der Waals surface area (Å²) in [7, 11) is 0. The lowest BCUT2D eigenvalue weighted by molar-refractivity contribution is -0.141. The molecular formula is C18H27FN2O3. The van der Waals surface area contributed by atoms with Crippen LogP contribution in [0.2, 0.25) is 0 Å². The number of aliphatic carboxylic acids is 1. The molecule has 0 unspecified atom stereocenters. The highest BCUT2D eigenvalue weighted by Crippen LogP contribution is 2.12. The number of carboxylic acids is 1. The molecule has 0 aliphatic heterocycles. The largest absolute Gasteiger partial charge is 0.480 e. The van der Waals surface area contributed by atoms with Gasteiger partial charge in [-0.1, -0.05) is 33.1 Å². The van der Waals surface area contributed by atoms with Crippen LogP contribution >= 0.6 is 0 Å². The molecular weight excluding hydrogens is 311 g/mol. The van der Waals surface area contributed by atoms with E-state index in [-0.39, 0.29) is 6.42 Å². The lowest BCUT2D eigenvalue weighted by Crippen LogP contribution is -2.41. The van der Waals surface area contributed by atoms with E-state index >= 15 is 0 Å². The summed E-state index contributed by atoms with van der Waals surface area (Å²) in [6, 6.07) is 4.42. The first kappa shape index (κ1) is 20.1. The first-order valence-electron chi connectivity index (χ1n) is 8.47. The van der Waals surface area contributed by atoms with Gasteiger partial charge in [-0.15, -0.1) is 0 Å². The monoisotopic (exact) mass is 338 g/mol. The fourth-order valence-electron chi connectivity index (χ4n) is 2.43. The molecule has 0 saturated heterocycles. The molecule has 1 rings (SSSR count). The van der Waals surface area contributed by atoms with Gasteiger partial charge in [-0.05, 0) is 43.1 Å². The van der Waals surface area contributed by atoms with Crippen LogP contribution in [0.5, 0.6) is 0 Å². The highest BCUT2D eigenvalue weighted by Gasteiger charge is 2.22. The molecule has 134 valence electrons. The Balaban J connectivity index is 2.50. The van der Waals surface area contributed by atoms with Gasteiger partial charge in [0.2, 0.25) is 5.91 Å². The third-order valence-corrected chi connectivity index (χ3v) is 4.01. The smallest absolute Gasteiger partial charge is 0.321 e. The Hall–Kier alpha value is -1.95. The average Bonchev–Trinajstić information content (AvgIpc) is 2.55. The number of halogens is 1. The zero-order valence-electron chi connectivity index (χ0n) is 14.3. The number of amides is 1. The van der Waals surface area contributed by atoms with Crippen LogP contribution in [0.15, 0.2) is 24.3 Å². The van der Waals surface area contributed by atoms with Crippen molar-refractivity contribution in [1.82, 2.24) is 5.32 Å². The number of hydrogen-bond donors (Lipinski definition) is 3. The second kappa shape index (κ2) is 10.8. The maximum atomic E-state index is 12.8. The van der Waals surface area contributed by atoms with Crippen molar-refractivity contribution < 1.29 is 19.1 Å². The molecule has 0 saturated carbocycles. The van der Waals surface area contributed by atoms with E-state index in [1.165, 1.54) is 24.3 Å². The fraction of sp³-hybridized carbons (Fsp3) is 0.556. The zero-order chi connectivity index (χ0) is 17.9. The normalized spacial score (nSPS) is 13.3. The summed E-state index contributed by atoms with van der Waals surface area (Å²) in [5, 5.41) is 14.9. The Morgan fingerprint density at radius 1 is 1.21 bits per heavy atom. The van der Waals surface area contributed by atoms with Crippen molar-refractivity contribution >= 4 is 17.6 Å². The predicted molar refractivity (Wildman–Crippen MR) is 92.4 cm³/mol. The molecule has 0 heterocycles. The van der Waals surface area contributed by atoms with Crippen LogP contribution in [-0.2, 0) is 9.59 Å². The average molecular weight is 338 g/mol. The van der Waals surface area contributed by atoms with Crippen LogP contribution in [0, 0.1) is 11.7 Å². The van der Waals surface area contributed by atoms with Crippen molar-refractivity contribution in [3.63, 3.8) is 0 Å². The van der Waals surface area contributed by atoms with Gasteiger partial charge in [-0.25, -0.2) is 4.39 Å². The van der Waals surface area contributed by atoms with Crippen molar-refractivity contribution in [2.24, 2.45) is 5.92 Å². The van der Waals surface area contributed by atoms with Crippen LogP contribution < -0.4 is 10.6 Å². The van der Waals surface area contributed by atoms with E-state index in [9.17, 15) is 19.1 Å². The summed E-state index contributed by atoms with van der Waals surface area (Å²) in [5.41, 5.74) is 0.444. The Labute approximate surface area is 142 Å². The molecule has 2 atom stereocenters. The Bertz CT molecular complexity index is 520. The molecule has 5 nitrogen and oxygen atoms in total. The van der Waals surface area contributed by atoms with Crippen LogP contribution in [0.1, 0.15) is 46.0 Å². The topological polar surface area (TPSA) is 78.4 Å². The summed E-state index contributed by atoms with van der Waals surface area (Å²) >= 11 is 0. The Morgan fingerprint density at radius 2 is 1.88 bits per heavy atom. The van der Waals surface area contributed by atoms with Gasteiger partial charge in [-0.2, -0.15) is 0 Å². The van der Waals surface area contributed by atoms with Gasteiger partial charge in [0.1, 0.15) is 11.9 Å². The molecule has 0 spiro atoms. The van der Waals surface area contributed by atoms with Gasteiger partial charge in [0.05, 0.1) is 6.42 Å². The number of nitrogens with one attached hydrogen (secondary N) is 2. The van der Waals surface area contributed by atoms with E-state index in [2.05, 4.69) is 24.5 Å². The number of benzene rings is 1. The van der Waals surface area contributed by atoms with Crippen LogP contribution in [0.4, 0.5) is 10.1 Å². The molecule has 3 N–H and O–H groups in total. The zero-order valence-corrected chi connectivity index (χ0v) is 14.3. The van der Waals surface area contributed by atoms with Gasteiger partial charge >= 0.3 is 5.97 Å². The van der Waals surface area contributed by atoms with Crippen molar-refractivity contribution in [2.45, 2.75) is 52.0 Å². The maximum absolute atomic E-state index is 12.8. The minimum absolute atomic E-state index is 0.170. The number of carbonyl (C=O) groups is 2. The molecule has 1 aromatic rings. The maximum Gasteiger partial charge on any atom is 0.321 e. The summed E-state index contributed by atoms with van der Waals surface area (Å²) in [4.78, 5) is 23.3. The summed E-state index contributed by atoms with van der Waals surface area (Å²) < 4.78 is 12.8. The fourth-order valence-corrected chi connectivity index (χ4v) is 2.43. The first-order chi connectivity index (χ1) is 11.5. The molecule has 0 bridgehead atoms. The molecule has 0 fully saturated rings. The van der Waals surface area contributed by atoms with E-state index in [1.807, 2.05) is 0 Å². The Kier molecular flexibility index (Phi) is 9.01. The molecule has 6 heteroatoms. The van der Waals surface area contributed by atoms with Crippen molar-refractivity contribution in [2.75, 3.05) is 11.9 Å². The van der Waals surface area contributed by atoms with E-state index in [1.54, 1.807) is 0 Å². The molecule has 1 amide bonds. The highest BCUT2D eigenvalue weighted by atomic mass is 19.1.